The number of fused-ring (bicyclic) bond motifs is 1. The quantitative estimate of drug-likeness (QED) is 0.535. The standard InChI is InChI=1S/C18H17BrN4O5S/c1-11(2)21-29(26,27)12-7-8-15(19)14(9-12)18(25)28-10-23-17(24)13-5-3-4-6-16(13)20-22-23/h3-9,11,21H,10H2,1-2H3. The van der Waals surface area contributed by atoms with Crippen LogP contribution in [0, 0.1) is 0 Å². The molecule has 3 rings (SSSR count). The van der Waals surface area contributed by atoms with Crippen LogP contribution in [0.5, 0.6) is 0 Å². The number of sulfonamides is 1. The van der Waals surface area contributed by atoms with Gasteiger partial charge < -0.3 is 4.74 Å². The van der Waals surface area contributed by atoms with Gasteiger partial charge in [0.2, 0.25) is 10.0 Å². The largest absolute Gasteiger partial charge is 0.439 e. The highest BCUT2D eigenvalue weighted by Gasteiger charge is 2.20. The molecule has 1 heterocycles. The Morgan fingerprint density at radius 1 is 1.24 bits per heavy atom. The number of rotatable bonds is 6. The van der Waals surface area contributed by atoms with Crippen LogP contribution in [0.4, 0.5) is 0 Å². The van der Waals surface area contributed by atoms with Crippen molar-refractivity contribution in [1.29, 1.82) is 0 Å². The van der Waals surface area contributed by atoms with Gasteiger partial charge in [-0.25, -0.2) is 17.9 Å². The number of benzene rings is 2. The Morgan fingerprint density at radius 3 is 2.69 bits per heavy atom. The molecule has 0 aliphatic heterocycles. The summed E-state index contributed by atoms with van der Waals surface area (Å²) in [6, 6.07) is 10.4. The van der Waals surface area contributed by atoms with Crippen molar-refractivity contribution in [2.75, 3.05) is 0 Å². The zero-order valence-electron chi connectivity index (χ0n) is 15.5. The van der Waals surface area contributed by atoms with Crippen LogP contribution in [0.2, 0.25) is 0 Å². The van der Waals surface area contributed by atoms with E-state index < -0.39 is 28.3 Å². The molecule has 0 amide bonds. The van der Waals surface area contributed by atoms with Crippen LogP contribution in [0.25, 0.3) is 10.9 Å². The third-order valence-electron chi connectivity index (χ3n) is 3.81. The van der Waals surface area contributed by atoms with E-state index in [0.717, 1.165) is 4.68 Å². The topological polar surface area (TPSA) is 120 Å². The van der Waals surface area contributed by atoms with Crippen LogP contribution in [0.3, 0.4) is 0 Å². The van der Waals surface area contributed by atoms with Gasteiger partial charge in [-0.05, 0) is 60.1 Å². The molecule has 29 heavy (non-hydrogen) atoms. The fourth-order valence-electron chi connectivity index (χ4n) is 2.51. The second kappa shape index (κ2) is 8.39. The molecule has 0 fully saturated rings. The fourth-order valence-corrected chi connectivity index (χ4v) is 4.20. The number of aromatic nitrogens is 3. The van der Waals surface area contributed by atoms with Crippen molar-refractivity contribution in [2.45, 2.75) is 31.5 Å². The van der Waals surface area contributed by atoms with Gasteiger partial charge in [-0.2, -0.15) is 4.68 Å². The highest BCUT2D eigenvalue weighted by atomic mass is 79.9. The maximum Gasteiger partial charge on any atom is 0.341 e. The van der Waals surface area contributed by atoms with E-state index in [1.165, 1.54) is 18.2 Å². The summed E-state index contributed by atoms with van der Waals surface area (Å²) in [5.74, 6) is -0.819. The monoisotopic (exact) mass is 480 g/mol. The minimum absolute atomic E-state index is 0.00146. The number of esters is 1. The van der Waals surface area contributed by atoms with Crippen molar-refractivity contribution in [2.24, 2.45) is 0 Å². The normalized spacial score (nSPS) is 11.7. The zero-order chi connectivity index (χ0) is 21.2. The Kier molecular flexibility index (Phi) is 6.10. The second-order valence-electron chi connectivity index (χ2n) is 6.39. The molecule has 0 radical (unpaired) electrons. The molecule has 9 nitrogen and oxygen atoms in total. The average Bonchev–Trinajstić information content (AvgIpc) is 2.66. The number of hydrogen-bond acceptors (Lipinski definition) is 7. The summed E-state index contributed by atoms with van der Waals surface area (Å²) in [6.45, 7) is 2.91. The van der Waals surface area contributed by atoms with Gasteiger partial charge in [0.25, 0.3) is 5.56 Å². The first-order valence-corrected chi connectivity index (χ1v) is 10.8. The maximum absolute atomic E-state index is 12.5. The first kappa shape index (κ1) is 21.1. The molecule has 0 saturated carbocycles. The lowest BCUT2D eigenvalue weighted by Crippen LogP contribution is -2.30. The van der Waals surface area contributed by atoms with Crippen LogP contribution in [0.1, 0.15) is 24.2 Å². The molecule has 0 atom stereocenters. The molecule has 1 N–H and O–H groups in total. The minimum Gasteiger partial charge on any atom is -0.439 e. The summed E-state index contributed by atoms with van der Waals surface area (Å²) in [5.41, 5.74) is -0.0308. The van der Waals surface area contributed by atoms with Gasteiger partial charge in [0.1, 0.15) is 5.52 Å². The summed E-state index contributed by atoms with van der Waals surface area (Å²) < 4.78 is 33.5. The third kappa shape index (κ3) is 4.69. The van der Waals surface area contributed by atoms with Gasteiger partial charge >= 0.3 is 5.97 Å². The van der Waals surface area contributed by atoms with Crippen LogP contribution < -0.4 is 10.3 Å². The van der Waals surface area contributed by atoms with E-state index in [4.69, 9.17) is 4.74 Å². The Hall–Kier alpha value is -2.63. The molecule has 11 heteroatoms. The molecule has 152 valence electrons. The number of halogens is 1. The summed E-state index contributed by atoms with van der Waals surface area (Å²) in [4.78, 5) is 24.8. The van der Waals surface area contributed by atoms with Crippen molar-refractivity contribution in [3.8, 4) is 0 Å². The molecule has 2 aromatic carbocycles. The first-order chi connectivity index (χ1) is 13.7. The number of carbonyl (C=O) groups excluding carboxylic acids is 1. The summed E-state index contributed by atoms with van der Waals surface area (Å²) in [7, 11) is -3.79. The molecule has 0 bridgehead atoms. The first-order valence-electron chi connectivity index (χ1n) is 8.50. The number of nitrogens with one attached hydrogen (secondary N) is 1. The molecular formula is C18H17BrN4O5S. The third-order valence-corrected chi connectivity index (χ3v) is 6.15. The Labute approximate surface area is 174 Å². The lowest BCUT2D eigenvalue weighted by molar-refractivity contribution is 0.0334. The van der Waals surface area contributed by atoms with Crippen molar-refractivity contribution in [3.63, 3.8) is 0 Å². The number of hydrogen-bond donors (Lipinski definition) is 1. The van der Waals surface area contributed by atoms with E-state index in [-0.39, 0.29) is 16.5 Å². The van der Waals surface area contributed by atoms with E-state index in [1.54, 1.807) is 38.1 Å². The van der Waals surface area contributed by atoms with E-state index >= 15 is 0 Å². The van der Waals surface area contributed by atoms with Crippen molar-refractivity contribution < 1.29 is 17.9 Å². The Balaban J connectivity index is 1.84. The van der Waals surface area contributed by atoms with Gasteiger partial charge in [0, 0.05) is 10.5 Å². The number of ether oxygens (including phenoxy) is 1. The Bertz CT molecular complexity index is 1240. The zero-order valence-corrected chi connectivity index (χ0v) is 17.9. The minimum atomic E-state index is -3.79. The number of carbonyl (C=O) groups is 1. The summed E-state index contributed by atoms with van der Waals surface area (Å²) >= 11 is 3.21. The predicted octanol–water partition coefficient (Wildman–Crippen LogP) is 2.06. The van der Waals surface area contributed by atoms with Gasteiger partial charge in [0.15, 0.2) is 6.73 Å². The van der Waals surface area contributed by atoms with E-state index in [1.807, 2.05) is 0 Å². The highest BCUT2D eigenvalue weighted by Crippen LogP contribution is 2.22. The maximum atomic E-state index is 12.5. The summed E-state index contributed by atoms with van der Waals surface area (Å²) in [5, 5.41) is 7.99. The molecule has 3 aromatic rings. The molecular weight excluding hydrogens is 464 g/mol. The van der Waals surface area contributed by atoms with Crippen LogP contribution in [-0.4, -0.2) is 35.4 Å². The average molecular weight is 481 g/mol. The smallest absolute Gasteiger partial charge is 0.341 e. The fraction of sp³-hybridized carbons (Fsp3) is 0.222. The van der Waals surface area contributed by atoms with Crippen molar-refractivity contribution in [1.82, 2.24) is 19.7 Å². The van der Waals surface area contributed by atoms with Crippen LogP contribution in [-0.2, 0) is 21.5 Å². The second-order valence-corrected chi connectivity index (χ2v) is 8.96. The van der Waals surface area contributed by atoms with Crippen molar-refractivity contribution in [3.05, 3.63) is 62.9 Å². The van der Waals surface area contributed by atoms with Gasteiger partial charge in [-0.3, -0.25) is 4.79 Å². The summed E-state index contributed by atoms with van der Waals surface area (Å²) in [6.07, 6.45) is 0. The van der Waals surface area contributed by atoms with Gasteiger partial charge in [0.05, 0.1) is 15.8 Å². The molecule has 0 spiro atoms. The molecule has 1 aromatic heterocycles. The van der Waals surface area contributed by atoms with Gasteiger partial charge in [-0.15, -0.1) is 5.10 Å². The molecule has 0 aliphatic carbocycles. The highest BCUT2D eigenvalue weighted by molar-refractivity contribution is 9.10. The van der Waals surface area contributed by atoms with E-state index in [2.05, 4.69) is 31.0 Å². The molecule has 0 saturated heterocycles. The lowest BCUT2D eigenvalue weighted by Gasteiger charge is -2.12. The van der Waals surface area contributed by atoms with Gasteiger partial charge in [-0.1, -0.05) is 17.3 Å². The number of nitrogens with zero attached hydrogens (tertiary/aromatic N) is 3. The Morgan fingerprint density at radius 2 is 1.97 bits per heavy atom. The predicted molar refractivity (Wildman–Crippen MR) is 109 cm³/mol. The van der Waals surface area contributed by atoms with Crippen molar-refractivity contribution >= 4 is 42.8 Å². The van der Waals surface area contributed by atoms with Crippen LogP contribution in [0.15, 0.2) is 56.6 Å². The lowest BCUT2D eigenvalue weighted by atomic mass is 10.2. The molecule has 0 unspecified atom stereocenters. The SMILES string of the molecule is CC(C)NS(=O)(=O)c1ccc(Br)c(C(=O)OCn2nnc3ccccc3c2=O)c1. The van der Waals surface area contributed by atoms with E-state index in [0.29, 0.717) is 15.4 Å². The van der Waals surface area contributed by atoms with Crippen LogP contribution >= 0.6 is 15.9 Å². The van der Waals surface area contributed by atoms with E-state index in [9.17, 15) is 18.0 Å². The molecule has 0 aliphatic rings.